The van der Waals surface area contributed by atoms with Crippen LogP contribution in [0.1, 0.15) is 30.1 Å². The standard InChI is InChI=1S/C24H24N6O3/c1-32-24(31)28-18-10-17(11-18)23-29-20(21-22(25)26-14-27-30(21)23)16-8-5-9-19(12-16)33-13-15-6-3-2-4-7-15/h2-9,12,14,17-18H,10-11,13H2,1H3,(H,28,31)(H2,25,26,27). The molecule has 5 rings (SSSR count). The highest BCUT2D eigenvalue weighted by atomic mass is 16.5. The van der Waals surface area contributed by atoms with E-state index in [1.165, 1.54) is 13.4 Å². The lowest BCUT2D eigenvalue weighted by atomic mass is 9.80. The first kappa shape index (κ1) is 20.7. The van der Waals surface area contributed by atoms with Crippen molar-refractivity contribution in [1.29, 1.82) is 0 Å². The molecule has 1 aliphatic carbocycles. The summed E-state index contributed by atoms with van der Waals surface area (Å²) in [6.45, 7) is 0.474. The summed E-state index contributed by atoms with van der Waals surface area (Å²) < 4.78 is 12.4. The number of nitrogens with zero attached hydrogens (tertiary/aromatic N) is 4. The number of hydrogen-bond donors (Lipinski definition) is 2. The first-order valence-corrected chi connectivity index (χ1v) is 10.7. The molecule has 2 heterocycles. The lowest BCUT2D eigenvalue weighted by molar-refractivity contribution is 0.155. The number of anilines is 1. The number of nitrogen functional groups attached to an aromatic ring is 1. The zero-order valence-corrected chi connectivity index (χ0v) is 18.1. The molecule has 9 heteroatoms. The van der Waals surface area contributed by atoms with Crippen LogP contribution in [0.15, 0.2) is 60.9 Å². The molecule has 0 saturated heterocycles. The number of imidazole rings is 1. The molecule has 2 aromatic heterocycles. The Morgan fingerprint density at radius 3 is 2.79 bits per heavy atom. The number of amides is 1. The van der Waals surface area contributed by atoms with E-state index in [9.17, 15) is 4.79 Å². The number of alkyl carbamates (subject to hydrolysis) is 1. The van der Waals surface area contributed by atoms with Gasteiger partial charge in [-0.25, -0.2) is 19.3 Å². The highest BCUT2D eigenvalue weighted by molar-refractivity contribution is 5.85. The summed E-state index contributed by atoms with van der Waals surface area (Å²) in [7, 11) is 1.36. The number of nitrogens with two attached hydrogens (primary N) is 1. The van der Waals surface area contributed by atoms with Crippen LogP contribution in [-0.2, 0) is 11.3 Å². The van der Waals surface area contributed by atoms with E-state index < -0.39 is 6.09 Å². The molecule has 1 saturated carbocycles. The summed E-state index contributed by atoms with van der Waals surface area (Å²) in [6.07, 6.45) is 2.50. The number of carbonyl (C=O) groups excluding carboxylic acids is 1. The zero-order chi connectivity index (χ0) is 22.8. The van der Waals surface area contributed by atoms with Gasteiger partial charge in [-0.15, -0.1) is 0 Å². The molecular weight excluding hydrogens is 420 g/mol. The van der Waals surface area contributed by atoms with E-state index in [0.29, 0.717) is 23.6 Å². The third kappa shape index (κ3) is 4.17. The smallest absolute Gasteiger partial charge is 0.407 e. The van der Waals surface area contributed by atoms with Gasteiger partial charge in [0.15, 0.2) is 5.82 Å². The van der Waals surface area contributed by atoms with Crippen LogP contribution in [0, 0.1) is 0 Å². The van der Waals surface area contributed by atoms with Crippen LogP contribution in [0.3, 0.4) is 0 Å². The summed E-state index contributed by atoms with van der Waals surface area (Å²) in [5.74, 6) is 2.03. The predicted molar refractivity (Wildman–Crippen MR) is 123 cm³/mol. The molecule has 33 heavy (non-hydrogen) atoms. The van der Waals surface area contributed by atoms with Gasteiger partial charge >= 0.3 is 6.09 Å². The fourth-order valence-corrected chi connectivity index (χ4v) is 4.09. The van der Waals surface area contributed by atoms with Gasteiger partial charge in [-0.1, -0.05) is 42.5 Å². The first-order valence-electron chi connectivity index (χ1n) is 10.7. The Morgan fingerprint density at radius 1 is 1.18 bits per heavy atom. The highest BCUT2D eigenvalue weighted by Crippen LogP contribution is 2.39. The Morgan fingerprint density at radius 2 is 2.00 bits per heavy atom. The minimum absolute atomic E-state index is 0.0483. The number of carbonyl (C=O) groups is 1. The van der Waals surface area contributed by atoms with Crippen LogP contribution < -0.4 is 15.8 Å². The SMILES string of the molecule is COC(=O)NC1CC(c2nc(-c3cccc(OCc4ccccc4)c3)c3c(N)ncnn23)C1. The summed E-state index contributed by atoms with van der Waals surface area (Å²) in [4.78, 5) is 20.6. The average molecular weight is 444 g/mol. The molecule has 0 radical (unpaired) electrons. The lowest BCUT2D eigenvalue weighted by Gasteiger charge is -2.34. The van der Waals surface area contributed by atoms with Gasteiger partial charge in [0.05, 0.1) is 7.11 Å². The van der Waals surface area contributed by atoms with Gasteiger partial charge in [0.2, 0.25) is 0 Å². The van der Waals surface area contributed by atoms with Crippen molar-refractivity contribution >= 4 is 17.4 Å². The second-order valence-electron chi connectivity index (χ2n) is 8.03. The van der Waals surface area contributed by atoms with Crippen molar-refractivity contribution in [3.8, 4) is 17.0 Å². The molecule has 0 spiro atoms. The number of rotatable bonds is 6. The Bertz CT molecular complexity index is 1280. The molecule has 0 unspecified atom stereocenters. The summed E-state index contributed by atoms with van der Waals surface area (Å²) in [5.41, 5.74) is 9.57. The van der Waals surface area contributed by atoms with Crippen molar-refractivity contribution in [3.05, 3.63) is 72.3 Å². The van der Waals surface area contributed by atoms with Gasteiger partial charge in [0.1, 0.15) is 35.7 Å². The maximum atomic E-state index is 11.5. The van der Waals surface area contributed by atoms with Gasteiger partial charge in [0.25, 0.3) is 0 Å². The van der Waals surface area contributed by atoms with Crippen LogP contribution in [0.25, 0.3) is 16.8 Å². The fraction of sp³-hybridized carbons (Fsp3) is 0.250. The molecule has 0 bridgehead atoms. The third-order valence-electron chi connectivity index (χ3n) is 5.85. The average Bonchev–Trinajstić information content (AvgIpc) is 3.21. The van der Waals surface area contributed by atoms with Crippen molar-refractivity contribution in [2.75, 3.05) is 12.8 Å². The van der Waals surface area contributed by atoms with Gasteiger partial charge in [-0.2, -0.15) is 5.10 Å². The normalized spacial score (nSPS) is 17.4. The van der Waals surface area contributed by atoms with Crippen molar-refractivity contribution in [1.82, 2.24) is 24.9 Å². The maximum Gasteiger partial charge on any atom is 0.407 e. The Kier molecular flexibility index (Phi) is 5.52. The van der Waals surface area contributed by atoms with E-state index in [2.05, 4.69) is 20.1 Å². The number of fused-ring (bicyclic) bond motifs is 1. The van der Waals surface area contributed by atoms with E-state index in [1.54, 1.807) is 4.52 Å². The zero-order valence-electron chi connectivity index (χ0n) is 18.1. The Hall–Kier alpha value is -4.14. The molecule has 0 aliphatic heterocycles. The van der Waals surface area contributed by atoms with Gasteiger partial charge in [0, 0.05) is 17.5 Å². The van der Waals surface area contributed by atoms with E-state index in [1.807, 2.05) is 54.6 Å². The van der Waals surface area contributed by atoms with Crippen molar-refractivity contribution in [2.24, 2.45) is 0 Å². The monoisotopic (exact) mass is 444 g/mol. The van der Waals surface area contributed by atoms with Crippen LogP contribution in [0.2, 0.25) is 0 Å². The number of aromatic nitrogens is 4. The topological polar surface area (TPSA) is 117 Å². The van der Waals surface area contributed by atoms with Crippen LogP contribution in [-0.4, -0.2) is 38.8 Å². The number of hydrogen-bond acceptors (Lipinski definition) is 7. The second-order valence-corrected chi connectivity index (χ2v) is 8.03. The summed E-state index contributed by atoms with van der Waals surface area (Å²) >= 11 is 0. The fourth-order valence-electron chi connectivity index (χ4n) is 4.09. The maximum absolute atomic E-state index is 11.5. The quantitative estimate of drug-likeness (QED) is 0.467. The summed E-state index contributed by atoms with van der Waals surface area (Å²) in [6, 6.07) is 17.8. The molecule has 1 fully saturated rings. The summed E-state index contributed by atoms with van der Waals surface area (Å²) in [5, 5.41) is 7.24. The Labute approximate surface area is 190 Å². The van der Waals surface area contributed by atoms with Gasteiger partial charge in [-0.05, 0) is 30.5 Å². The van der Waals surface area contributed by atoms with E-state index in [0.717, 1.165) is 35.5 Å². The molecule has 3 N–H and O–H groups in total. The van der Waals surface area contributed by atoms with Crippen molar-refractivity contribution < 1.29 is 14.3 Å². The minimum Gasteiger partial charge on any atom is -0.489 e. The molecule has 1 aliphatic rings. The van der Waals surface area contributed by atoms with Gasteiger partial charge in [-0.3, -0.25) is 0 Å². The second kappa shape index (κ2) is 8.78. The van der Waals surface area contributed by atoms with E-state index in [-0.39, 0.29) is 12.0 Å². The molecule has 0 atom stereocenters. The van der Waals surface area contributed by atoms with Crippen LogP contribution in [0.5, 0.6) is 5.75 Å². The highest BCUT2D eigenvalue weighted by Gasteiger charge is 2.36. The Balaban J connectivity index is 1.42. The molecule has 1 amide bonds. The lowest BCUT2D eigenvalue weighted by Crippen LogP contribution is -2.43. The third-order valence-corrected chi connectivity index (χ3v) is 5.85. The van der Waals surface area contributed by atoms with E-state index in [4.69, 9.17) is 15.5 Å². The van der Waals surface area contributed by atoms with Crippen molar-refractivity contribution in [3.63, 3.8) is 0 Å². The predicted octanol–water partition coefficient (Wildman–Crippen LogP) is 3.55. The first-order chi connectivity index (χ1) is 16.1. The van der Waals surface area contributed by atoms with Crippen molar-refractivity contribution in [2.45, 2.75) is 31.4 Å². The molecular formula is C24H24N6O3. The molecule has 168 valence electrons. The minimum atomic E-state index is -0.425. The van der Waals surface area contributed by atoms with Crippen LogP contribution >= 0.6 is 0 Å². The number of nitrogens with one attached hydrogen (secondary N) is 1. The van der Waals surface area contributed by atoms with Crippen LogP contribution in [0.4, 0.5) is 10.6 Å². The molecule has 4 aromatic rings. The number of methoxy groups -OCH3 is 1. The largest absolute Gasteiger partial charge is 0.489 e. The molecule has 9 nitrogen and oxygen atoms in total. The van der Waals surface area contributed by atoms with Gasteiger partial charge < -0.3 is 20.5 Å². The number of benzene rings is 2. The van der Waals surface area contributed by atoms with E-state index >= 15 is 0 Å². The molecule has 2 aromatic carbocycles. The number of ether oxygens (including phenoxy) is 2.